The third-order valence-corrected chi connectivity index (χ3v) is 4.53. The summed E-state index contributed by atoms with van der Waals surface area (Å²) in [5.74, 6) is 0.743. The zero-order valence-electron chi connectivity index (χ0n) is 12.8. The van der Waals surface area contributed by atoms with E-state index in [-0.39, 0.29) is 4.90 Å². The molecule has 1 aromatic heterocycles. The first-order chi connectivity index (χ1) is 10.5. The second kappa shape index (κ2) is 7.26. The molecule has 5 nitrogen and oxygen atoms in total. The molecule has 6 heteroatoms. The van der Waals surface area contributed by atoms with Gasteiger partial charge in [-0.15, -0.1) is 0 Å². The van der Waals surface area contributed by atoms with Crippen molar-refractivity contribution in [3.63, 3.8) is 0 Å². The Labute approximate surface area is 131 Å². The van der Waals surface area contributed by atoms with E-state index >= 15 is 0 Å². The first kappa shape index (κ1) is 16.3. The summed E-state index contributed by atoms with van der Waals surface area (Å²) in [5, 5.41) is 3.19. The van der Waals surface area contributed by atoms with E-state index in [1.165, 1.54) is 6.20 Å². The highest BCUT2D eigenvalue weighted by atomic mass is 32.2. The fraction of sp³-hybridized carbons (Fsp3) is 0.312. The maximum atomic E-state index is 12.3. The molecular weight excluding hydrogens is 298 g/mol. The molecule has 0 fully saturated rings. The van der Waals surface area contributed by atoms with Gasteiger partial charge in [0.2, 0.25) is 0 Å². The van der Waals surface area contributed by atoms with Crippen molar-refractivity contribution in [1.82, 2.24) is 4.98 Å². The molecule has 2 N–H and O–H groups in total. The first-order valence-corrected chi connectivity index (χ1v) is 8.79. The van der Waals surface area contributed by atoms with Gasteiger partial charge in [0.15, 0.2) is 0 Å². The first-order valence-electron chi connectivity index (χ1n) is 7.30. The van der Waals surface area contributed by atoms with Crippen LogP contribution in [0, 0.1) is 6.92 Å². The quantitative estimate of drug-likeness (QED) is 0.767. The van der Waals surface area contributed by atoms with Crippen LogP contribution in [0.5, 0.6) is 0 Å². The Kier molecular flexibility index (Phi) is 5.38. The van der Waals surface area contributed by atoms with Crippen molar-refractivity contribution in [2.45, 2.75) is 31.6 Å². The van der Waals surface area contributed by atoms with Crippen LogP contribution in [0.3, 0.4) is 0 Å². The molecule has 0 bridgehead atoms. The molecular formula is C16H21N3O2S. The van der Waals surface area contributed by atoms with Crippen LogP contribution >= 0.6 is 0 Å². The van der Waals surface area contributed by atoms with Gasteiger partial charge in [-0.05, 0) is 43.2 Å². The highest BCUT2D eigenvalue weighted by Crippen LogP contribution is 2.17. The lowest BCUT2D eigenvalue weighted by molar-refractivity contribution is 0.601. The van der Waals surface area contributed by atoms with Gasteiger partial charge in [0, 0.05) is 6.54 Å². The number of aromatic nitrogens is 1. The standard InChI is InChI=1S/C16H21N3O2S/c1-3-4-10-17-16-9-8-14(12-18-16)19-22(20,21)15-7-5-6-13(2)11-15/h5-9,11-12,19H,3-4,10H2,1-2H3,(H,17,18). The molecule has 118 valence electrons. The minimum absolute atomic E-state index is 0.248. The summed E-state index contributed by atoms with van der Waals surface area (Å²) < 4.78 is 27.1. The normalized spacial score (nSPS) is 11.2. The summed E-state index contributed by atoms with van der Waals surface area (Å²) in [6.07, 6.45) is 3.70. The van der Waals surface area contributed by atoms with Crippen LogP contribution in [0.4, 0.5) is 11.5 Å². The Bertz CT molecular complexity index is 712. The van der Waals surface area contributed by atoms with Crippen molar-refractivity contribution < 1.29 is 8.42 Å². The van der Waals surface area contributed by atoms with E-state index in [2.05, 4.69) is 21.9 Å². The molecule has 0 atom stereocenters. The molecule has 0 aliphatic heterocycles. The zero-order valence-corrected chi connectivity index (χ0v) is 13.7. The molecule has 1 heterocycles. The van der Waals surface area contributed by atoms with Crippen LogP contribution in [0.2, 0.25) is 0 Å². The highest BCUT2D eigenvalue weighted by Gasteiger charge is 2.14. The van der Waals surface area contributed by atoms with E-state index in [0.29, 0.717) is 5.69 Å². The number of benzene rings is 1. The summed E-state index contributed by atoms with van der Waals surface area (Å²) in [6, 6.07) is 10.3. The number of nitrogens with one attached hydrogen (secondary N) is 2. The number of hydrogen-bond acceptors (Lipinski definition) is 4. The number of anilines is 2. The number of hydrogen-bond donors (Lipinski definition) is 2. The van der Waals surface area contributed by atoms with E-state index in [1.54, 1.807) is 30.3 Å². The minimum Gasteiger partial charge on any atom is -0.370 e. The van der Waals surface area contributed by atoms with E-state index in [1.807, 2.05) is 13.0 Å². The van der Waals surface area contributed by atoms with Gasteiger partial charge in [-0.1, -0.05) is 25.5 Å². The van der Waals surface area contributed by atoms with Gasteiger partial charge in [-0.25, -0.2) is 13.4 Å². The summed E-state index contributed by atoms with van der Waals surface area (Å²) in [5.41, 5.74) is 1.35. The summed E-state index contributed by atoms with van der Waals surface area (Å²) in [7, 11) is -3.58. The predicted octanol–water partition coefficient (Wildman–Crippen LogP) is 3.40. The van der Waals surface area contributed by atoms with Crippen LogP contribution in [-0.4, -0.2) is 19.9 Å². The molecule has 0 saturated carbocycles. The number of rotatable bonds is 7. The number of unbranched alkanes of at least 4 members (excludes halogenated alkanes) is 1. The SMILES string of the molecule is CCCCNc1ccc(NS(=O)(=O)c2cccc(C)c2)cn1. The van der Waals surface area contributed by atoms with Crippen molar-refractivity contribution in [1.29, 1.82) is 0 Å². The van der Waals surface area contributed by atoms with Gasteiger partial charge in [0.05, 0.1) is 16.8 Å². The molecule has 0 unspecified atom stereocenters. The van der Waals surface area contributed by atoms with Crippen molar-refractivity contribution in [2.75, 3.05) is 16.6 Å². The number of nitrogens with zero attached hydrogens (tertiary/aromatic N) is 1. The molecule has 1 aromatic carbocycles. The van der Waals surface area contributed by atoms with Crippen LogP contribution in [-0.2, 0) is 10.0 Å². The van der Waals surface area contributed by atoms with Crippen molar-refractivity contribution >= 4 is 21.5 Å². The molecule has 2 rings (SSSR count). The van der Waals surface area contributed by atoms with Crippen LogP contribution in [0.25, 0.3) is 0 Å². The van der Waals surface area contributed by atoms with Gasteiger partial charge in [0.1, 0.15) is 5.82 Å². The largest absolute Gasteiger partial charge is 0.370 e. The average Bonchev–Trinajstić information content (AvgIpc) is 2.49. The van der Waals surface area contributed by atoms with Crippen molar-refractivity contribution in [2.24, 2.45) is 0 Å². The third-order valence-electron chi connectivity index (χ3n) is 3.15. The lowest BCUT2D eigenvalue weighted by Crippen LogP contribution is -2.13. The fourth-order valence-electron chi connectivity index (χ4n) is 1.95. The van der Waals surface area contributed by atoms with E-state index < -0.39 is 10.0 Å². The molecule has 0 radical (unpaired) electrons. The van der Waals surface area contributed by atoms with Crippen LogP contribution < -0.4 is 10.0 Å². The van der Waals surface area contributed by atoms with Crippen molar-refractivity contribution in [3.8, 4) is 0 Å². The molecule has 2 aromatic rings. The lowest BCUT2D eigenvalue weighted by atomic mass is 10.2. The Morgan fingerprint density at radius 2 is 2.00 bits per heavy atom. The molecule has 0 aliphatic carbocycles. The van der Waals surface area contributed by atoms with Gasteiger partial charge < -0.3 is 5.32 Å². The predicted molar refractivity (Wildman–Crippen MR) is 89.6 cm³/mol. The molecule has 0 aliphatic rings. The van der Waals surface area contributed by atoms with Gasteiger partial charge in [-0.2, -0.15) is 0 Å². The summed E-state index contributed by atoms with van der Waals surface area (Å²) in [6.45, 7) is 4.84. The molecule has 0 saturated heterocycles. The lowest BCUT2D eigenvalue weighted by Gasteiger charge is -2.09. The third kappa shape index (κ3) is 4.46. The van der Waals surface area contributed by atoms with Gasteiger partial charge >= 0.3 is 0 Å². The number of sulfonamides is 1. The molecule has 0 amide bonds. The Hall–Kier alpha value is -2.08. The monoisotopic (exact) mass is 319 g/mol. The molecule has 0 spiro atoms. The highest BCUT2D eigenvalue weighted by molar-refractivity contribution is 7.92. The maximum Gasteiger partial charge on any atom is 0.261 e. The van der Waals surface area contributed by atoms with Gasteiger partial charge in [0.25, 0.3) is 10.0 Å². The van der Waals surface area contributed by atoms with E-state index in [0.717, 1.165) is 30.8 Å². The molecule has 22 heavy (non-hydrogen) atoms. The Balaban J connectivity index is 2.06. The summed E-state index contributed by atoms with van der Waals surface area (Å²) >= 11 is 0. The average molecular weight is 319 g/mol. The zero-order chi connectivity index (χ0) is 16.0. The fourth-order valence-corrected chi connectivity index (χ4v) is 3.10. The van der Waals surface area contributed by atoms with E-state index in [9.17, 15) is 8.42 Å². The smallest absolute Gasteiger partial charge is 0.261 e. The summed E-state index contributed by atoms with van der Waals surface area (Å²) in [4.78, 5) is 4.46. The Morgan fingerprint density at radius 3 is 2.64 bits per heavy atom. The van der Waals surface area contributed by atoms with Crippen LogP contribution in [0.15, 0.2) is 47.5 Å². The van der Waals surface area contributed by atoms with Gasteiger partial charge in [-0.3, -0.25) is 4.72 Å². The Morgan fingerprint density at radius 1 is 1.18 bits per heavy atom. The van der Waals surface area contributed by atoms with Crippen LogP contribution in [0.1, 0.15) is 25.3 Å². The second-order valence-corrected chi connectivity index (χ2v) is 6.82. The minimum atomic E-state index is -3.58. The second-order valence-electron chi connectivity index (χ2n) is 5.13. The number of pyridine rings is 1. The number of aryl methyl sites for hydroxylation is 1. The topological polar surface area (TPSA) is 71.1 Å². The maximum absolute atomic E-state index is 12.3. The van der Waals surface area contributed by atoms with Crippen molar-refractivity contribution in [3.05, 3.63) is 48.2 Å². The van der Waals surface area contributed by atoms with E-state index in [4.69, 9.17) is 0 Å².